The largest absolute Gasteiger partial charge is 0.337 e. The molecule has 1 aromatic heterocycles. The SMILES string of the molecule is Cc1cn(CC2CCCN(N)C2)cn1. The molecule has 2 N–H and O–H groups in total. The fourth-order valence-corrected chi connectivity index (χ4v) is 2.12. The maximum Gasteiger partial charge on any atom is 0.0949 e. The van der Waals surface area contributed by atoms with Gasteiger partial charge in [-0.05, 0) is 25.7 Å². The number of piperidine rings is 1. The zero-order valence-corrected chi connectivity index (χ0v) is 8.69. The van der Waals surface area contributed by atoms with Crippen LogP contribution in [0.2, 0.25) is 0 Å². The van der Waals surface area contributed by atoms with E-state index < -0.39 is 0 Å². The number of imidazole rings is 1. The van der Waals surface area contributed by atoms with Crippen molar-refractivity contribution in [2.45, 2.75) is 26.3 Å². The van der Waals surface area contributed by atoms with Gasteiger partial charge in [-0.1, -0.05) is 0 Å². The highest BCUT2D eigenvalue weighted by molar-refractivity contribution is 4.92. The van der Waals surface area contributed by atoms with E-state index >= 15 is 0 Å². The van der Waals surface area contributed by atoms with Crippen molar-refractivity contribution < 1.29 is 0 Å². The number of nitrogens with zero attached hydrogens (tertiary/aromatic N) is 3. The lowest BCUT2D eigenvalue weighted by Crippen LogP contribution is -2.41. The highest BCUT2D eigenvalue weighted by Gasteiger charge is 2.17. The summed E-state index contributed by atoms with van der Waals surface area (Å²) in [7, 11) is 0. The van der Waals surface area contributed by atoms with Crippen molar-refractivity contribution >= 4 is 0 Å². The maximum absolute atomic E-state index is 5.79. The lowest BCUT2D eigenvalue weighted by atomic mass is 9.99. The van der Waals surface area contributed by atoms with Gasteiger partial charge in [-0.3, -0.25) is 5.84 Å². The summed E-state index contributed by atoms with van der Waals surface area (Å²) in [6.45, 7) is 5.12. The minimum absolute atomic E-state index is 0.683. The van der Waals surface area contributed by atoms with Crippen molar-refractivity contribution in [3.63, 3.8) is 0 Å². The van der Waals surface area contributed by atoms with E-state index in [4.69, 9.17) is 5.84 Å². The Balaban J connectivity index is 1.90. The highest BCUT2D eigenvalue weighted by atomic mass is 15.4. The average molecular weight is 194 g/mol. The number of aryl methyl sites for hydroxylation is 1. The van der Waals surface area contributed by atoms with Gasteiger partial charge in [0.2, 0.25) is 0 Å². The van der Waals surface area contributed by atoms with E-state index in [1.54, 1.807) is 0 Å². The van der Waals surface area contributed by atoms with Crippen LogP contribution in [-0.2, 0) is 6.54 Å². The van der Waals surface area contributed by atoms with E-state index in [1.807, 2.05) is 18.3 Å². The zero-order chi connectivity index (χ0) is 9.97. The first kappa shape index (κ1) is 9.68. The first-order chi connectivity index (χ1) is 6.74. The molecule has 0 bridgehead atoms. The molecule has 1 aromatic rings. The molecule has 4 nitrogen and oxygen atoms in total. The third-order valence-corrected chi connectivity index (χ3v) is 2.78. The predicted octanol–water partition coefficient (Wildman–Crippen LogP) is 0.777. The molecule has 2 rings (SSSR count). The average Bonchev–Trinajstić information content (AvgIpc) is 2.51. The fourth-order valence-electron chi connectivity index (χ4n) is 2.12. The maximum atomic E-state index is 5.79. The number of aromatic nitrogens is 2. The van der Waals surface area contributed by atoms with Crippen molar-refractivity contribution in [1.82, 2.24) is 14.6 Å². The Kier molecular flexibility index (Phi) is 2.84. The van der Waals surface area contributed by atoms with Gasteiger partial charge in [-0.25, -0.2) is 9.99 Å². The molecule has 1 aliphatic rings. The Labute approximate surface area is 84.7 Å². The standard InChI is InChI=1S/C10H18N4/c1-9-5-13(8-12-9)6-10-3-2-4-14(11)7-10/h5,8,10H,2-4,6-7,11H2,1H3. The monoisotopic (exact) mass is 194 g/mol. The minimum atomic E-state index is 0.683. The molecule has 4 heteroatoms. The van der Waals surface area contributed by atoms with Gasteiger partial charge in [-0.15, -0.1) is 0 Å². The summed E-state index contributed by atoms with van der Waals surface area (Å²) in [5.74, 6) is 6.48. The summed E-state index contributed by atoms with van der Waals surface area (Å²) in [6.07, 6.45) is 6.50. The molecule has 0 saturated carbocycles. The molecule has 1 unspecified atom stereocenters. The van der Waals surface area contributed by atoms with Crippen molar-refractivity contribution in [3.8, 4) is 0 Å². The van der Waals surface area contributed by atoms with Gasteiger partial charge < -0.3 is 4.57 Å². The Bertz CT molecular complexity index is 294. The van der Waals surface area contributed by atoms with Crippen LogP contribution in [0.3, 0.4) is 0 Å². The van der Waals surface area contributed by atoms with Gasteiger partial charge in [-0.2, -0.15) is 0 Å². The van der Waals surface area contributed by atoms with Crippen molar-refractivity contribution in [2.24, 2.45) is 11.8 Å². The molecule has 0 aliphatic carbocycles. The second-order valence-corrected chi connectivity index (χ2v) is 4.22. The molecule has 78 valence electrons. The second kappa shape index (κ2) is 4.11. The van der Waals surface area contributed by atoms with E-state index in [0.717, 1.165) is 25.3 Å². The van der Waals surface area contributed by atoms with Crippen LogP contribution >= 0.6 is 0 Å². The van der Waals surface area contributed by atoms with Gasteiger partial charge in [0.05, 0.1) is 12.0 Å². The quantitative estimate of drug-likeness (QED) is 0.708. The predicted molar refractivity (Wildman–Crippen MR) is 55.4 cm³/mol. The van der Waals surface area contributed by atoms with Crippen molar-refractivity contribution in [3.05, 3.63) is 18.2 Å². The Morgan fingerprint density at radius 1 is 1.64 bits per heavy atom. The smallest absolute Gasteiger partial charge is 0.0949 e. The van der Waals surface area contributed by atoms with E-state index in [0.29, 0.717) is 5.92 Å². The number of rotatable bonds is 2. The molecule has 1 saturated heterocycles. The molecular weight excluding hydrogens is 176 g/mol. The topological polar surface area (TPSA) is 47.1 Å². The van der Waals surface area contributed by atoms with Gasteiger partial charge in [0.15, 0.2) is 0 Å². The van der Waals surface area contributed by atoms with Crippen molar-refractivity contribution in [1.29, 1.82) is 0 Å². The molecular formula is C10H18N4. The number of hydrogen-bond donors (Lipinski definition) is 1. The number of hydrazine groups is 1. The summed E-state index contributed by atoms with van der Waals surface area (Å²) < 4.78 is 2.17. The van der Waals surface area contributed by atoms with Gasteiger partial charge >= 0.3 is 0 Å². The van der Waals surface area contributed by atoms with Crippen LogP contribution in [0.1, 0.15) is 18.5 Å². The lowest BCUT2D eigenvalue weighted by molar-refractivity contribution is 0.165. The van der Waals surface area contributed by atoms with Gasteiger partial charge in [0.25, 0.3) is 0 Å². The van der Waals surface area contributed by atoms with Crippen LogP contribution in [0.15, 0.2) is 12.5 Å². The van der Waals surface area contributed by atoms with E-state index in [2.05, 4.69) is 15.7 Å². The van der Waals surface area contributed by atoms with Crippen LogP contribution in [0.25, 0.3) is 0 Å². The summed E-state index contributed by atoms with van der Waals surface area (Å²) >= 11 is 0. The molecule has 1 aliphatic heterocycles. The van der Waals surface area contributed by atoms with Crippen LogP contribution in [-0.4, -0.2) is 27.6 Å². The van der Waals surface area contributed by atoms with E-state index in [-0.39, 0.29) is 0 Å². The third-order valence-electron chi connectivity index (χ3n) is 2.78. The Morgan fingerprint density at radius 3 is 3.14 bits per heavy atom. The van der Waals surface area contributed by atoms with Crippen LogP contribution in [0, 0.1) is 12.8 Å². The van der Waals surface area contributed by atoms with Crippen LogP contribution in [0.4, 0.5) is 0 Å². The minimum Gasteiger partial charge on any atom is -0.337 e. The van der Waals surface area contributed by atoms with Gasteiger partial charge in [0.1, 0.15) is 0 Å². The number of nitrogens with two attached hydrogens (primary N) is 1. The van der Waals surface area contributed by atoms with E-state index in [9.17, 15) is 0 Å². The second-order valence-electron chi connectivity index (χ2n) is 4.22. The molecule has 0 spiro atoms. The first-order valence-corrected chi connectivity index (χ1v) is 5.22. The lowest BCUT2D eigenvalue weighted by Gasteiger charge is -2.29. The normalized spacial score (nSPS) is 24.0. The van der Waals surface area contributed by atoms with E-state index in [1.165, 1.54) is 12.8 Å². The molecule has 0 amide bonds. The van der Waals surface area contributed by atoms with Crippen LogP contribution < -0.4 is 5.84 Å². The van der Waals surface area contributed by atoms with Gasteiger partial charge in [0, 0.05) is 25.8 Å². The summed E-state index contributed by atoms with van der Waals surface area (Å²) in [4.78, 5) is 4.22. The molecule has 1 atom stereocenters. The molecule has 14 heavy (non-hydrogen) atoms. The summed E-state index contributed by atoms with van der Waals surface area (Å²) in [5.41, 5.74) is 1.09. The molecule has 0 aromatic carbocycles. The third kappa shape index (κ3) is 2.33. The Hall–Kier alpha value is -0.870. The van der Waals surface area contributed by atoms with Crippen LogP contribution in [0.5, 0.6) is 0 Å². The molecule has 0 radical (unpaired) electrons. The summed E-state index contributed by atoms with van der Waals surface area (Å²) in [5, 5.41) is 1.93. The zero-order valence-electron chi connectivity index (χ0n) is 8.69. The first-order valence-electron chi connectivity index (χ1n) is 5.22. The van der Waals surface area contributed by atoms with Crippen molar-refractivity contribution in [2.75, 3.05) is 13.1 Å². The molecule has 2 heterocycles. The molecule has 1 fully saturated rings. The highest BCUT2D eigenvalue weighted by Crippen LogP contribution is 2.16. The fraction of sp³-hybridized carbons (Fsp3) is 0.700. The Morgan fingerprint density at radius 2 is 2.50 bits per heavy atom. The summed E-state index contributed by atoms with van der Waals surface area (Å²) in [6, 6.07) is 0. The number of hydrogen-bond acceptors (Lipinski definition) is 3.